The van der Waals surface area contributed by atoms with Gasteiger partial charge in [-0.05, 0) is 36.2 Å². The molecule has 2 heterocycles. The summed E-state index contributed by atoms with van der Waals surface area (Å²) < 4.78 is 37.0. The number of hydrogen-bond acceptors (Lipinski definition) is 5. The molecule has 10 heteroatoms. The van der Waals surface area contributed by atoms with Crippen LogP contribution in [0.25, 0.3) is 0 Å². The quantitative estimate of drug-likeness (QED) is 0.348. The number of sulfone groups is 1. The van der Waals surface area contributed by atoms with Gasteiger partial charge in [-0.15, -0.1) is 24.0 Å². The van der Waals surface area contributed by atoms with E-state index in [-0.39, 0.29) is 35.8 Å². The Kier molecular flexibility index (Phi) is 8.20. The van der Waals surface area contributed by atoms with E-state index in [1.165, 1.54) is 12.3 Å². The lowest BCUT2D eigenvalue weighted by Gasteiger charge is -2.20. The van der Waals surface area contributed by atoms with Crippen molar-refractivity contribution in [1.29, 1.82) is 0 Å². The predicted octanol–water partition coefficient (Wildman–Crippen LogP) is 2.19. The lowest BCUT2D eigenvalue weighted by Crippen LogP contribution is -2.44. The number of rotatable bonds is 5. The third-order valence-corrected chi connectivity index (χ3v) is 5.73. The monoisotopic (exact) mass is 533 g/mol. The van der Waals surface area contributed by atoms with E-state index >= 15 is 0 Å². The normalized spacial score (nSPS) is 17.0. The molecule has 29 heavy (non-hydrogen) atoms. The zero-order chi connectivity index (χ0) is 20.1. The molecule has 2 aromatic rings. The number of anilines is 1. The van der Waals surface area contributed by atoms with E-state index in [0.717, 1.165) is 18.5 Å². The van der Waals surface area contributed by atoms with Crippen LogP contribution >= 0.6 is 24.0 Å². The van der Waals surface area contributed by atoms with Crippen LogP contribution in [0.15, 0.2) is 52.5 Å². The first-order valence-electron chi connectivity index (χ1n) is 8.98. The summed E-state index contributed by atoms with van der Waals surface area (Å²) in [6.45, 7) is 1.86. The lowest BCUT2D eigenvalue weighted by atomic mass is 10.2. The molecule has 1 saturated heterocycles. The minimum atomic E-state index is -3.20. The van der Waals surface area contributed by atoms with Gasteiger partial charge in [-0.3, -0.25) is 4.99 Å². The van der Waals surface area contributed by atoms with E-state index in [4.69, 9.17) is 0 Å². The highest BCUT2D eigenvalue weighted by Gasteiger charge is 2.25. The van der Waals surface area contributed by atoms with E-state index in [1.807, 2.05) is 4.90 Å². The summed E-state index contributed by atoms with van der Waals surface area (Å²) in [6, 6.07) is 9.87. The maximum absolute atomic E-state index is 13.9. The fourth-order valence-corrected chi connectivity index (χ4v) is 3.74. The number of nitrogens with zero attached hydrogens (tertiary/aromatic N) is 3. The molecule has 1 fully saturated rings. The van der Waals surface area contributed by atoms with Crippen molar-refractivity contribution in [2.24, 2.45) is 4.99 Å². The molecule has 0 saturated carbocycles. The molecule has 1 aromatic carbocycles. The Bertz CT molecular complexity index is 953. The van der Waals surface area contributed by atoms with Gasteiger partial charge in [0.15, 0.2) is 27.4 Å². The van der Waals surface area contributed by atoms with E-state index in [9.17, 15) is 12.8 Å². The summed E-state index contributed by atoms with van der Waals surface area (Å²) >= 11 is 0. The van der Waals surface area contributed by atoms with Gasteiger partial charge >= 0.3 is 0 Å². The van der Waals surface area contributed by atoms with Crippen LogP contribution in [0.5, 0.6) is 0 Å². The van der Waals surface area contributed by atoms with Crippen LogP contribution in [-0.4, -0.2) is 51.8 Å². The second kappa shape index (κ2) is 10.2. The second-order valence-corrected chi connectivity index (χ2v) is 8.74. The van der Waals surface area contributed by atoms with E-state index in [2.05, 4.69) is 20.6 Å². The number of halogens is 2. The fourth-order valence-electron chi connectivity index (χ4n) is 3.11. The Morgan fingerprint density at radius 1 is 1.31 bits per heavy atom. The standard InChI is InChI=1S/C19H24FN5O2S.HI/c1-21-19(23-12-14-5-7-16(8-6-14)28(2,26)27)24-15-9-11-25(13-15)18-17(20)4-3-10-22-18;/h3-8,10,15H,9,11-13H2,1-2H3,(H2,21,23,24);1H. The van der Waals surface area contributed by atoms with Crippen molar-refractivity contribution in [2.75, 3.05) is 31.3 Å². The van der Waals surface area contributed by atoms with E-state index in [1.54, 1.807) is 43.6 Å². The first-order chi connectivity index (χ1) is 13.4. The highest BCUT2D eigenvalue weighted by atomic mass is 127. The number of benzene rings is 1. The third-order valence-electron chi connectivity index (χ3n) is 4.60. The van der Waals surface area contributed by atoms with Gasteiger partial charge in [-0.25, -0.2) is 17.8 Å². The highest BCUT2D eigenvalue weighted by Crippen LogP contribution is 2.20. The molecule has 1 aliphatic rings. The van der Waals surface area contributed by atoms with Gasteiger partial charge in [-0.2, -0.15) is 0 Å². The summed E-state index contributed by atoms with van der Waals surface area (Å²) in [5.74, 6) is 0.699. The Labute approximate surface area is 187 Å². The molecule has 1 unspecified atom stereocenters. The summed E-state index contributed by atoms with van der Waals surface area (Å²) in [7, 11) is -1.51. The maximum atomic E-state index is 13.9. The van der Waals surface area contributed by atoms with Gasteiger partial charge in [0.2, 0.25) is 0 Å². The van der Waals surface area contributed by atoms with Crippen LogP contribution in [0.2, 0.25) is 0 Å². The predicted molar refractivity (Wildman–Crippen MR) is 123 cm³/mol. The molecule has 7 nitrogen and oxygen atoms in total. The topological polar surface area (TPSA) is 86.7 Å². The molecule has 0 radical (unpaired) electrons. The van der Waals surface area contributed by atoms with Crippen molar-refractivity contribution in [3.05, 3.63) is 54.0 Å². The Balaban J connectivity index is 0.00000300. The Morgan fingerprint density at radius 2 is 2.03 bits per heavy atom. The Morgan fingerprint density at radius 3 is 2.66 bits per heavy atom. The summed E-state index contributed by atoms with van der Waals surface area (Å²) in [6.07, 6.45) is 3.63. The van der Waals surface area contributed by atoms with Gasteiger partial charge in [0, 0.05) is 45.2 Å². The highest BCUT2D eigenvalue weighted by molar-refractivity contribution is 14.0. The van der Waals surface area contributed by atoms with E-state index < -0.39 is 9.84 Å². The lowest BCUT2D eigenvalue weighted by molar-refractivity contribution is 0.601. The first-order valence-corrected chi connectivity index (χ1v) is 10.9. The molecule has 1 aromatic heterocycles. The minimum Gasteiger partial charge on any atom is -0.352 e. The number of hydrogen-bond donors (Lipinski definition) is 2. The van der Waals surface area contributed by atoms with Crippen molar-refractivity contribution in [2.45, 2.75) is 23.9 Å². The minimum absolute atomic E-state index is 0. The number of aliphatic imine (C=N–C) groups is 1. The first kappa shape index (κ1) is 23.3. The number of aromatic nitrogens is 1. The molecule has 3 rings (SSSR count). The van der Waals surface area contributed by atoms with Crippen molar-refractivity contribution in [3.63, 3.8) is 0 Å². The van der Waals surface area contributed by atoms with Crippen LogP contribution < -0.4 is 15.5 Å². The second-order valence-electron chi connectivity index (χ2n) is 6.73. The molecule has 0 amide bonds. The molecular formula is C19H25FIN5O2S. The fraction of sp³-hybridized carbons (Fsp3) is 0.368. The number of guanidine groups is 1. The number of pyridine rings is 1. The molecule has 2 N–H and O–H groups in total. The average molecular weight is 533 g/mol. The van der Waals surface area contributed by atoms with Crippen molar-refractivity contribution in [3.8, 4) is 0 Å². The number of nitrogens with one attached hydrogen (secondary N) is 2. The van der Waals surface area contributed by atoms with Gasteiger partial charge < -0.3 is 15.5 Å². The largest absolute Gasteiger partial charge is 0.352 e. The van der Waals surface area contributed by atoms with Crippen LogP contribution in [-0.2, 0) is 16.4 Å². The molecule has 0 bridgehead atoms. The third kappa shape index (κ3) is 6.26. The van der Waals surface area contributed by atoms with Crippen LogP contribution in [0.3, 0.4) is 0 Å². The summed E-state index contributed by atoms with van der Waals surface area (Å²) in [4.78, 5) is 10.6. The zero-order valence-corrected chi connectivity index (χ0v) is 19.4. The van der Waals surface area contributed by atoms with Crippen molar-refractivity contribution in [1.82, 2.24) is 15.6 Å². The van der Waals surface area contributed by atoms with Crippen LogP contribution in [0.1, 0.15) is 12.0 Å². The Hall–Kier alpha value is -1.95. The van der Waals surface area contributed by atoms with Gasteiger partial charge in [0.25, 0.3) is 0 Å². The zero-order valence-electron chi connectivity index (χ0n) is 16.3. The molecule has 158 valence electrons. The van der Waals surface area contributed by atoms with Gasteiger partial charge in [0.05, 0.1) is 4.90 Å². The van der Waals surface area contributed by atoms with Gasteiger partial charge in [-0.1, -0.05) is 12.1 Å². The smallest absolute Gasteiger partial charge is 0.191 e. The molecule has 1 atom stereocenters. The van der Waals surface area contributed by atoms with Crippen molar-refractivity contribution >= 4 is 45.6 Å². The SMILES string of the molecule is CN=C(NCc1ccc(S(C)(=O)=O)cc1)NC1CCN(c2ncccc2F)C1.I. The van der Waals surface area contributed by atoms with Crippen molar-refractivity contribution < 1.29 is 12.8 Å². The molecule has 0 spiro atoms. The molecule has 0 aliphatic carbocycles. The summed E-state index contributed by atoms with van der Waals surface area (Å²) in [5.41, 5.74) is 0.943. The molecular weight excluding hydrogens is 508 g/mol. The summed E-state index contributed by atoms with van der Waals surface area (Å²) in [5, 5.41) is 6.56. The molecule has 1 aliphatic heterocycles. The van der Waals surface area contributed by atoms with Gasteiger partial charge in [0.1, 0.15) is 0 Å². The van der Waals surface area contributed by atoms with Crippen LogP contribution in [0.4, 0.5) is 10.2 Å². The van der Waals surface area contributed by atoms with E-state index in [0.29, 0.717) is 29.8 Å². The van der Waals surface area contributed by atoms with Crippen LogP contribution in [0, 0.1) is 5.82 Å². The average Bonchev–Trinajstić information content (AvgIpc) is 3.13. The maximum Gasteiger partial charge on any atom is 0.191 e.